The Kier molecular flexibility index (Phi) is 5.16. The lowest BCUT2D eigenvalue weighted by atomic mass is 10.1. The zero-order valence-corrected chi connectivity index (χ0v) is 12.2. The number of amides is 1. The number of para-hydroxylation sites is 2. The molecule has 0 spiro atoms. The van der Waals surface area contributed by atoms with Crippen molar-refractivity contribution in [3.05, 3.63) is 24.3 Å². The predicted octanol–water partition coefficient (Wildman–Crippen LogP) is 1.24. The van der Waals surface area contributed by atoms with E-state index in [0.29, 0.717) is 31.2 Å². The fraction of sp³-hybridized carbons (Fsp3) is 0.467. The van der Waals surface area contributed by atoms with Crippen molar-refractivity contribution >= 4 is 17.6 Å². The molecule has 0 aliphatic carbocycles. The summed E-state index contributed by atoms with van der Waals surface area (Å²) in [6.07, 6.45) is 0.166. The molecule has 1 heterocycles. The molecule has 0 saturated carbocycles. The Morgan fingerprint density at radius 3 is 2.76 bits per heavy atom. The molecule has 0 aromatic heterocycles. The molecule has 6 nitrogen and oxygen atoms in total. The number of methoxy groups -OCH3 is 2. The number of hydrogen-bond acceptors (Lipinski definition) is 5. The van der Waals surface area contributed by atoms with Crippen molar-refractivity contribution in [1.29, 1.82) is 0 Å². The highest BCUT2D eigenvalue weighted by Crippen LogP contribution is 2.33. The molecule has 1 aliphatic rings. The average molecular weight is 293 g/mol. The smallest absolute Gasteiger partial charge is 0.311 e. The van der Waals surface area contributed by atoms with E-state index >= 15 is 0 Å². The van der Waals surface area contributed by atoms with E-state index in [4.69, 9.17) is 14.2 Å². The molecule has 1 aromatic rings. The number of nitrogens with zero attached hydrogens (tertiary/aromatic N) is 1. The van der Waals surface area contributed by atoms with E-state index in [-0.39, 0.29) is 18.3 Å². The number of esters is 1. The first kappa shape index (κ1) is 15.3. The summed E-state index contributed by atoms with van der Waals surface area (Å²) in [7, 11) is 2.93. The van der Waals surface area contributed by atoms with Crippen molar-refractivity contribution in [2.45, 2.75) is 6.42 Å². The predicted molar refractivity (Wildman–Crippen MR) is 76.3 cm³/mol. The van der Waals surface area contributed by atoms with E-state index < -0.39 is 5.92 Å². The van der Waals surface area contributed by atoms with Gasteiger partial charge in [-0.15, -0.1) is 0 Å². The molecule has 1 amide bonds. The van der Waals surface area contributed by atoms with Crippen LogP contribution < -0.4 is 9.64 Å². The van der Waals surface area contributed by atoms with Crippen LogP contribution in [0.15, 0.2) is 24.3 Å². The number of ether oxygens (including phenoxy) is 3. The maximum atomic E-state index is 12.1. The zero-order chi connectivity index (χ0) is 15.2. The number of carbonyl (C=O) groups is 2. The van der Waals surface area contributed by atoms with Crippen LogP contribution in [0.25, 0.3) is 0 Å². The molecule has 21 heavy (non-hydrogen) atoms. The van der Waals surface area contributed by atoms with Crippen LogP contribution >= 0.6 is 0 Å². The lowest BCUT2D eigenvalue weighted by molar-refractivity contribution is -0.145. The van der Waals surface area contributed by atoms with E-state index in [1.165, 1.54) is 7.11 Å². The van der Waals surface area contributed by atoms with Crippen molar-refractivity contribution in [1.82, 2.24) is 0 Å². The van der Waals surface area contributed by atoms with Gasteiger partial charge in [-0.25, -0.2) is 0 Å². The Labute approximate surface area is 123 Å². The molecule has 6 heteroatoms. The van der Waals surface area contributed by atoms with Gasteiger partial charge in [-0.2, -0.15) is 0 Å². The van der Waals surface area contributed by atoms with Gasteiger partial charge in [0, 0.05) is 20.1 Å². The molecule has 0 bridgehead atoms. The minimum absolute atomic E-state index is 0.104. The molecule has 0 N–H and O–H groups in total. The highest BCUT2D eigenvalue weighted by Gasteiger charge is 2.36. The minimum atomic E-state index is -0.422. The van der Waals surface area contributed by atoms with Crippen molar-refractivity contribution in [2.75, 3.05) is 38.9 Å². The van der Waals surface area contributed by atoms with Gasteiger partial charge >= 0.3 is 5.97 Å². The van der Waals surface area contributed by atoms with Crippen molar-refractivity contribution < 1.29 is 23.8 Å². The first-order valence-corrected chi connectivity index (χ1v) is 6.76. The molecule has 0 radical (unpaired) electrons. The molecule has 1 unspecified atom stereocenters. The van der Waals surface area contributed by atoms with E-state index in [1.807, 2.05) is 12.1 Å². The second-order valence-corrected chi connectivity index (χ2v) is 4.74. The zero-order valence-electron chi connectivity index (χ0n) is 12.2. The highest BCUT2D eigenvalue weighted by molar-refractivity contribution is 6.00. The van der Waals surface area contributed by atoms with Crippen molar-refractivity contribution in [2.24, 2.45) is 5.92 Å². The maximum absolute atomic E-state index is 12.1. The topological polar surface area (TPSA) is 65.1 Å². The SMILES string of the molecule is COCCOc1ccccc1N1CC(C(=O)OC)CC1=O. The number of hydrogen-bond donors (Lipinski definition) is 0. The van der Waals surface area contributed by atoms with E-state index in [2.05, 4.69) is 0 Å². The Bertz CT molecular complexity index is 517. The van der Waals surface area contributed by atoms with Gasteiger partial charge in [0.25, 0.3) is 0 Å². The number of anilines is 1. The fourth-order valence-corrected chi connectivity index (χ4v) is 2.30. The molecule has 1 aromatic carbocycles. The normalized spacial score (nSPS) is 17.9. The second kappa shape index (κ2) is 7.08. The van der Waals surface area contributed by atoms with Gasteiger partial charge in [-0.3, -0.25) is 9.59 Å². The third-order valence-corrected chi connectivity index (χ3v) is 3.36. The Morgan fingerprint density at radius 2 is 2.05 bits per heavy atom. The molecule has 1 atom stereocenters. The van der Waals surface area contributed by atoms with Crippen LogP contribution in [0.1, 0.15) is 6.42 Å². The van der Waals surface area contributed by atoms with Crippen LogP contribution in [0.4, 0.5) is 5.69 Å². The van der Waals surface area contributed by atoms with Gasteiger partial charge in [0.05, 0.1) is 25.3 Å². The Balaban J connectivity index is 2.14. The summed E-state index contributed by atoms with van der Waals surface area (Å²) in [5.74, 6) is -0.278. The summed E-state index contributed by atoms with van der Waals surface area (Å²) in [5.41, 5.74) is 0.671. The molecular formula is C15H19NO5. The lowest BCUT2D eigenvalue weighted by Crippen LogP contribution is -2.26. The number of carbonyl (C=O) groups excluding carboxylic acids is 2. The summed E-state index contributed by atoms with van der Waals surface area (Å²) in [4.78, 5) is 25.3. The van der Waals surface area contributed by atoms with Gasteiger partial charge < -0.3 is 19.1 Å². The molecule has 114 valence electrons. The summed E-state index contributed by atoms with van der Waals surface area (Å²) in [6, 6.07) is 7.27. The first-order valence-electron chi connectivity index (χ1n) is 6.76. The van der Waals surface area contributed by atoms with E-state index in [1.54, 1.807) is 24.1 Å². The summed E-state index contributed by atoms with van der Waals surface area (Å²) < 4.78 is 15.3. The lowest BCUT2D eigenvalue weighted by Gasteiger charge is -2.20. The second-order valence-electron chi connectivity index (χ2n) is 4.74. The van der Waals surface area contributed by atoms with Crippen molar-refractivity contribution in [3.63, 3.8) is 0 Å². The average Bonchev–Trinajstić information content (AvgIpc) is 2.89. The standard InChI is InChI=1S/C15H19NO5/c1-19-7-8-21-13-6-4-3-5-12(13)16-10-11(9-14(16)17)15(18)20-2/h3-6,11H,7-10H2,1-2H3. The molecule has 1 saturated heterocycles. The van der Waals surface area contributed by atoms with Gasteiger partial charge in [-0.05, 0) is 12.1 Å². The third kappa shape index (κ3) is 3.52. The summed E-state index contributed by atoms with van der Waals surface area (Å²) in [6.45, 7) is 1.18. The largest absolute Gasteiger partial charge is 0.489 e. The molecule has 2 rings (SSSR count). The molecule has 1 fully saturated rings. The monoisotopic (exact) mass is 293 g/mol. The van der Waals surface area contributed by atoms with Crippen LogP contribution in [-0.2, 0) is 19.1 Å². The molecular weight excluding hydrogens is 274 g/mol. The minimum Gasteiger partial charge on any atom is -0.489 e. The summed E-state index contributed by atoms with van der Waals surface area (Å²) in [5, 5.41) is 0. The van der Waals surface area contributed by atoms with Crippen LogP contribution in [-0.4, -0.2) is 45.9 Å². The van der Waals surface area contributed by atoms with E-state index in [9.17, 15) is 9.59 Å². The Morgan fingerprint density at radius 1 is 1.29 bits per heavy atom. The highest BCUT2D eigenvalue weighted by atomic mass is 16.5. The number of benzene rings is 1. The van der Waals surface area contributed by atoms with Gasteiger partial charge in [-0.1, -0.05) is 12.1 Å². The van der Waals surface area contributed by atoms with Crippen LogP contribution in [0.5, 0.6) is 5.75 Å². The van der Waals surface area contributed by atoms with Gasteiger partial charge in [0.1, 0.15) is 12.4 Å². The first-order chi connectivity index (χ1) is 10.2. The van der Waals surface area contributed by atoms with Crippen LogP contribution in [0.3, 0.4) is 0 Å². The van der Waals surface area contributed by atoms with Gasteiger partial charge in [0.15, 0.2) is 0 Å². The Hall–Kier alpha value is -2.08. The number of rotatable bonds is 6. The quantitative estimate of drug-likeness (QED) is 0.583. The van der Waals surface area contributed by atoms with Crippen molar-refractivity contribution in [3.8, 4) is 5.75 Å². The fourth-order valence-electron chi connectivity index (χ4n) is 2.30. The van der Waals surface area contributed by atoms with E-state index in [0.717, 1.165) is 0 Å². The third-order valence-electron chi connectivity index (χ3n) is 3.36. The molecule has 1 aliphatic heterocycles. The van der Waals surface area contributed by atoms with Gasteiger partial charge in [0.2, 0.25) is 5.91 Å². The van der Waals surface area contributed by atoms with Crippen LogP contribution in [0, 0.1) is 5.92 Å². The maximum Gasteiger partial charge on any atom is 0.311 e. The van der Waals surface area contributed by atoms with Crippen LogP contribution in [0.2, 0.25) is 0 Å². The summed E-state index contributed by atoms with van der Waals surface area (Å²) >= 11 is 0.